The van der Waals surface area contributed by atoms with Crippen LogP contribution in [0.1, 0.15) is 19.3 Å². The van der Waals surface area contributed by atoms with Gasteiger partial charge < -0.3 is 26.2 Å². The van der Waals surface area contributed by atoms with Crippen LogP contribution in [0.5, 0.6) is 0 Å². The largest absolute Gasteiger partial charge is 0.480 e. The zero-order chi connectivity index (χ0) is 14.9. The highest BCUT2D eigenvalue weighted by Crippen LogP contribution is 2.37. The van der Waals surface area contributed by atoms with Crippen molar-refractivity contribution in [2.24, 2.45) is 17.6 Å². The first-order valence-electron chi connectivity index (χ1n) is 6.63. The number of aliphatic hydroxyl groups is 1. The third-order valence-corrected chi connectivity index (χ3v) is 4.11. The van der Waals surface area contributed by atoms with Gasteiger partial charge in [0, 0.05) is 19.0 Å². The molecule has 5 N–H and O–H groups in total. The highest BCUT2D eigenvalue weighted by molar-refractivity contribution is 5.87. The Bertz CT molecular complexity index is 427. The van der Waals surface area contributed by atoms with E-state index in [1.807, 2.05) is 0 Å². The third kappa shape index (κ3) is 3.01. The summed E-state index contributed by atoms with van der Waals surface area (Å²) in [4.78, 5) is 35.2. The van der Waals surface area contributed by atoms with Crippen LogP contribution in [-0.4, -0.2) is 58.3 Å². The number of amides is 3. The molecule has 4 unspecified atom stereocenters. The molecule has 8 nitrogen and oxygen atoms in total. The van der Waals surface area contributed by atoms with Crippen molar-refractivity contribution in [3.8, 4) is 0 Å². The standard InChI is InChI=1S/C12H19N3O5/c13-10(17)3-8(11(18)19)14-12(20)15-4-6-1-2-9(16)7(6)5-15/h6-9,16H,1-5H2,(H2,13,17)(H,14,20)(H,18,19). The molecule has 1 aliphatic carbocycles. The molecular formula is C12H19N3O5. The first kappa shape index (κ1) is 14.6. The second-order valence-electron chi connectivity index (χ2n) is 5.48. The fraction of sp³-hybridized carbons (Fsp3) is 0.750. The lowest BCUT2D eigenvalue weighted by Crippen LogP contribution is -2.49. The SMILES string of the molecule is NC(=O)CC(NC(=O)N1CC2CCC(O)C2C1)C(=O)O. The van der Waals surface area contributed by atoms with Crippen LogP contribution in [0.15, 0.2) is 0 Å². The van der Waals surface area contributed by atoms with E-state index in [1.165, 1.54) is 4.90 Å². The number of fused-ring (bicyclic) bond motifs is 1. The second kappa shape index (κ2) is 5.66. The summed E-state index contributed by atoms with van der Waals surface area (Å²) in [6.07, 6.45) is 0.798. The number of carboxylic acids is 1. The Morgan fingerprint density at radius 1 is 1.30 bits per heavy atom. The molecule has 0 aromatic heterocycles. The van der Waals surface area contributed by atoms with Crippen molar-refractivity contribution in [2.75, 3.05) is 13.1 Å². The molecule has 2 aliphatic rings. The van der Waals surface area contributed by atoms with Gasteiger partial charge >= 0.3 is 12.0 Å². The Morgan fingerprint density at radius 2 is 2.00 bits per heavy atom. The van der Waals surface area contributed by atoms with Crippen molar-refractivity contribution in [3.63, 3.8) is 0 Å². The lowest BCUT2D eigenvalue weighted by molar-refractivity contribution is -0.140. The topological polar surface area (TPSA) is 133 Å². The van der Waals surface area contributed by atoms with E-state index in [9.17, 15) is 19.5 Å². The van der Waals surface area contributed by atoms with Gasteiger partial charge in [-0.1, -0.05) is 0 Å². The molecule has 2 fully saturated rings. The summed E-state index contributed by atoms with van der Waals surface area (Å²) >= 11 is 0. The Labute approximate surface area is 115 Å². The van der Waals surface area contributed by atoms with Gasteiger partial charge in [-0.15, -0.1) is 0 Å². The minimum absolute atomic E-state index is 0.0696. The predicted octanol–water partition coefficient (Wildman–Crippen LogP) is -1.27. The van der Waals surface area contributed by atoms with Gasteiger partial charge in [-0.3, -0.25) is 4.79 Å². The van der Waals surface area contributed by atoms with Crippen LogP contribution in [0.4, 0.5) is 4.79 Å². The number of nitrogens with zero attached hydrogens (tertiary/aromatic N) is 1. The van der Waals surface area contributed by atoms with Crippen LogP contribution in [0.3, 0.4) is 0 Å². The Balaban J connectivity index is 1.91. The average molecular weight is 285 g/mol. The number of aliphatic carboxylic acids is 1. The quantitative estimate of drug-likeness (QED) is 0.511. The normalized spacial score (nSPS) is 29.9. The van der Waals surface area contributed by atoms with Crippen molar-refractivity contribution in [1.29, 1.82) is 0 Å². The molecule has 1 saturated heterocycles. The van der Waals surface area contributed by atoms with E-state index >= 15 is 0 Å². The van der Waals surface area contributed by atoms with Gasteiger partial charge in [-0.2, -0.15) is 0 Å². The molecular weight excluding hydrogens is 266 g/mol. The summed E-state index contributed by atoms with van der Waals surface area (Å²) in [5.41, 5.74) is 4.95. The van der Waals surface area contributed by atoms with E-state index < -0.39 is 36.5 Å². The van der Waals surface area contributed by atoms with Crippen LogP contribution >= 0.6 is 0 Å². The van der Waals surface area contributed by atoms with Gasteiger partial charge in [0.25, 0.3) is 0 Å². The van der Waals surface area contributed by atoms with Crippen LogP contribution in [-0.2, 0) is 9.59 Å². The Kier molecular flexibility index (Phi) is 4.12. The first-order chi connectivity index (χ1) is 9.38. The lowest BCUT2D eigenvalue weighted by atomic mass is 10.00. The van der Waals surface area contributed by atoms with Crippen molar-refractivity contribution in [3.05, 3.63) is 0 Å². The van der Waals surface area contributed by atoms with Crippen molar-refractivity contribution >= 4 is 17.9 Å². The second-order valence-corrected chi connectivity index (χ2v) is 5.48. The molecule has 0 bridgehead atoms. The minimum Gasteiger partial charge on any atom is -0.480 e. The molecule has 4 atom stereocenters. The van der Waals surface area contributed by atoms with Gasteiger partial charge in [-0.25, -0.2) is 9.59 Å². The highest BCUT2D eigenvalue weighted by Gasteiger charge is 2.43. The molecule has 1 aliphatic heterocycles. The van der Waals surface area contributed by atoms with Gasteiger partial charge in [0.1, 0.15) is 6.04 Å². The number of urea groups is 1. The number of hydrogen-bond donors (Lipinski definition) is 4. The molecule has 2 rings (SSSR count). The maximum absolute atomic E-state index is 12.0. The summed E-state index contributed by atoms with van der Waals surface area (Å²) in [6.45, 7) is 0.928. The van der Waals surface area contributed by atoms with E-state index in [1.54, 1.807) is 0 Å². The number of nitrogens with two attached hydrogens (primary N) is 1. The van der Waals surface area contributed by atoms with Crippen LogP contribution in [0.2, 0.25) is 0 Å². The number of likely N-dealkylation sites (tertiary alicyclic amines) is 1. The monoisotopic (exact) mass is 285 g/mol. The van der Waals surface area contributed by atoms with E-state index in [4.69, 9.17) is 10.8 Å². The molecule has 0 spiro atoms. The number of aliphatic hydroxyl groups excluding tert-OH is 1. The maximum atomic E-state index is 12.0. The molecule has 3 amide bonds. The summed E-state index contributed by atoms with van der Waals surface area (Å²) < 4.78 is 0. The molecule has 20 heavy (non-hydrogen) atoms. The average Bonchev–Trinajstić information content (AvgIpc) is 2.90. The Morgan fingerprint density at radius 3 is 2.55 bits per heavy atom. The third-order valence-electron chi connectivity index (χ3n) is 4.11. The van der Waals surface area contributed by atoms with E-state index in [-0.39, 0.29) is 11.8 Å². The van der Waals surface area contributed by atoms with Crippen molar-refractivity contribution in [1.82, 2.24) is 10.2 Å². The fourth-order valence-corrected chi connectivity index (χ4v) is 3.04. The smallest absolute Gasteiger partial charge is 0.326 e. The van der Waals surface area contributed by atoms with Crippen LogP contribution < -0.4 is 11.1 Å². The summed E-state index contributed by atoms with van der Waals surface area (Å²) in [5, 5.41) is 21.0. The molecule has 1 heterocycles. The van der Waals surface area contributed by atoms with Crippen LogP contribution in [0.25, 0.3) is 0 Å². The fourth-order valence-electron chi connectivity index (χ4n) is 3.04. The van der Waals surface area contributed by atoms with Crippen molar-refractivity contribution in [2.45, 2.75) is 31.4 Å². The van der Waals surface area contributed by atoms with E-state index in [2.05, 4.69) is 5.32 Å². The summed E-state index contributed by atoms with van der Waals surface area (Å²) in [6, 6.07) is -1.84. The zero-order valence-electron chi connectivity index (χ0n) is 11.0. The molecule has 0 aromatic rings. The summed E-state index contributed by atoms with van der Waals surface area (Å²) in [7, 11) is 0. The highest BCUT2D eigenvalue weighted by atomic mass is 16.4. The number of nitrogens with one attached hydrogen (secondary N) is 1. The van der Waals surface area contributed by atoms with Crippen LogP contribution in [0, 0.1) is 11.8 Å². The number of rotatable bonds is 4. The number of hydrogen-bond acceptors (Lipinski definition) is 4. The molecule has 0 radical (unpaired) electrons. The van der Waals surface area contributed by atoms with E-state index in [0.29, 0.717) is 13.1 Å². The molecule has 0 aromatic carbocycles. The number of primary amides is 1. The molecule has 112 valence electrons. The van der Waals surface area contributed by atoms with E-state index in [0.717, 1.165) is 12.8 Å². The number of carbonyl (C=O) groups is 3. The van der Waals surface area contributed by atoms with Crippen molar-refractivity contribution < 1.29 is 24.6 Å². The van der Waals surface area contributed by atoms with Gasteiger partial charge in [0.05, 0.1) is 12.5 Å². The first-order valence-corrected chi connectivity index (χ1v) is 6.63. The predicted molar refractivity (Wildman–Crippen MR) is 67.6 cm³/mol. The lowest BCUT2D eigenvalue weighted by Gasteiger charge is -2.21. The molecule has 1 saturated carbocycles. The Hall–Kier alpha value is -1.83. The zero-order valence-corrected chi connectivity index (χ0v) is 11.0. The van der Waals surface area contributed by atoms with Gasteiger partial charge in [0.2, 0.25) is 5.91 Å². The summed E-state index contributed by atoms with van der Waals surface area (Å²) in [5.74, 6) is -1.74. The number of carboxylic acid groups (broad SMARTS) is 1. The maximum Gasteiger partial charge on any atom is 0.326 e. The molecule has 8 heteroatoms. The minimum atomic E-state index is -1.31. The number of carbonyl (C=O) groups excluding carboxylic acids is 2. The van der Waals surface area contributed by atoms with Gasteiger partial charge in [0.15, 0.2) is 0 Å². The van der Waals surface area contributed by atoms with Gasteiger partial charge in [-0.05, 0) is 18.8 Å².